The number of nitrogens with two attached hydrogens (primary N) is 1. The van der Waals surface area contributed by atoms with E-state index in [0.717, 1.165) is 10.6 Å². The predicted octanol–water partition coefficient (Wildman–Crippen LogP) is 1.56. The van der Waals surface area contributed by atoms with E-state index in [1.165, 1.54) is 6.92 Å². The first-order valence-corrected chi connectivity index (χ1v) is 10.9. The van der Waals surface area contributed by atoms with Crippen LogP contribution < -0.4 is 10.6 Å². The van der Waals surface area contributed by atoms with Crippen LogP contribution in [0.25, 0.3) is 0 Å². The molecule has 2 aliphatic rings. The summed E-state index contributed by atoms with van der Waals surface area (Å²) in [7, 11) is 0. The highest BCUT2D eigenvalue weighted by molar-refractivity contribution is 6.23. The van der Waals surface area contributed by atoms with E-state index in [2.05, 4.69) is 0 Å². The van der Waals surface area contributed by atoms with Crippen LogP contribution in [0.4, 0.5) is 10.5 Å². The molecule has 178 valence electrons. The number of ketones is 1. The first-order chi connectivity index (χ1) is 15.4. The van der Waals surface area contributed by atoms with Crippen molar-refractivity contribution in [1.29, 1.82) is 0 Å². The smallest absolute Gasteiger partial charge is 0.410 e. The van der Waals surface area contributed by atoms with Crippen molar-refractivity contribution in [3.05, 3.63) is 29.3 Å². The molecule has 1 unspecified atom stereocenters. The molecule has 1 aromatic rings. The van der Waals surface area contributed by atoms with E-state index < -0.39 is 29.4 Å². The van der Waals surface area contributed by atoms with E-state index in [1.807, 2.05) is 25.7 Å². The van der Waals surface area contributed by atoms with Gasteiger partial charge in [0.15, 0.2) is 5.78 Å². The number of Topliss-reactive ketones (excluding diaryl/α,β-unsaturated/α-hetero) is 1. The van der Waals surface area contributed by atoms with Crippen molar-refractivity contribution in [1.82, 2.24) is 9.80 Å². The van der Waals surface area contributed by atoms with Crippen LogP contribution in [0.15, 0.2) is 18.2 Å². The van der Waals surface area contributed by atoms with Crippen LogP contribution in [-0.2, 0) is 14.3 Å². The lowest BCUT2D eigenvalue weighted by Crippen LogP contribution is -2.50. The maximum Gasteiger partial charge on any atom is 0.410 e. The predicted molar refractivity (Wildman–Crippen MR) is 120 cm³/mol. The van der Waals surface area contributed by atoms with Crippen LogP contribution in [0.2, 0.25) is 0 Å². The van der Waals surface area contributed by atoms with Crippen LogP contribution in [0.5, 0.6) is 0 Å². The van der Waals surface area contributed by atoms with E-state index >= 15 is 0 Å². The van der Waals surface area contributed by atoms with Gasteiger partial charge in [0.05, 0.1) is 17.2 Å². The van der Waals surface area contributed by atoms with Gasteiger partial charge in [-0.1, -0.05) is 0 Å². The molecule has 0 aromatic heterocycles. The molecule has 2 heterocycles. The molecule has 2 N–H and O–H groups in total. The Morgan fingerprint density at radius 2 is 1.64 bits per heavy atom. The Balaban J connectivity index is 1.73. The number of primary amides is 1. The van der Waals surface area contributed by atoms with Crippen LogP contribution in [0, 0.1) is 0 Å². The number of carbonyl (C=O) groups excluding carboxylic acids is 5. The SMILES string of the molecule is CC(=O)C(CCC(N)=O)N1C(=O)c2ccc(N3CCN(C(=O)OC(C)(C)C)CC3)cc2C1=O. The Kier molecular flexibility index (Phi) is 6.76. The molecule has 2 aliphatic heterocycles. The summed E-state index contributed by atoms with van der Waals surface area (Å²) in [5.74, 6) is -2.11. The van der Waals surface area contributed by atoms with Crippen LogP contribution in [0.3, 0.4) is 0 Å². The summed E-state index contributed by atoms with van der Waals surface area (Å²) in [6.45, 7) is 8.74. The molecular formula is C23H30N4O6. The van der Waals surface area contributed by atoms with E-state index in [9.17, 15) is 24.0 Å². The number of benzene rings is 1. The fourth-order valence-corrected chi connectivity index (χ4v) is 3.99. The maximum atomic E-state index is 13.1. The molecule has 0 bridgehead atoms. The van der Waals surface area contributed by atoms with Gasteiger partial charge in [0.25, 0.3) is 11.8 Å². The van der Waals surface area contributed by atoms with Gasteiger partial charge in [0.1, 0.15) is 5.60 Å². The Bertz CT molecular complexity index is 991. The van der Waals surface area contributed by atoms with Crippen molar-refractivity contribution in [2.45, 2.75) is 52.2 Å². The van der Waals surface area contributed by atoms with Gasteiger partial charge in [0.2, 0.25) is 5.91 Å². The zero-order valence-corrected chi connectivity index (χ0v) is 19.4. The molecule has 1 saturated heterocycles. The molecule has 0 aliphatic carbocycles. The lowest BCUT2D eigenvalue weighted by molar-refractivity contribution is -0.122. The lowest BCUT2D eigenvalue weighted by atomic mass is 10.1. The Morgan fingerprint density at radius 1 is 1.03 bits per heavy atom. The van der Waals surface area contributed by atoms with Gasteiger partial charge in [-0.15, -0.1) is 0 Å². The number of piperazine rings is 1. The van der Waals surface area contributed by atoms with E-state index in [1.54, 1.807) is 23.1 Å². The van der Waals surface area contributed by atoms with Crippen molar-refractivity contribution in [2.75, 3.05) is 31.1 Å². The second-order valence-corrected chi connectivity index (χ2v) is 9.30. The van der Waals surface area contributed by atoms with Gasteiger partial charge in [-0.3, -0.25) is 24.1 Å². The normalized spacial score (nSPS) is 17.2. The molecule has 33 heavy (non-hydrogen) atoms. The molecular weight excluding hydrogens is 428 g/mol. The molecule has 0 spiro atoms. The minimum Gasteiger partial charge on any atom is -0.444 e. The molecule has 0 radical (unpaired) electrons. The number of hydrogen-bond acceptors (Lipinski definition) is 7. The molecule has 3 rings (SSSR count). The Morgan fingerprint density at radius 3 is 2.18 bits per heavy atom. The zero-order chi connectivity index (χ0) is 24.5. The molecule has 4 amide bonds. The highest BCUT2D eigenvalue weighted by atomic mass is 16.6. The fourth-order valence-electron chi connectivity index (χ4n) is 3.99. The third-order valence-corrected chi connectivity index (χ3v) is 5.64. The zero-order valence-electron chi connectivity index (χ0n) is 19.4. The quantitative estimate of drug-likeness (QED) is 0.640. The number of imide groups is 1. The maximum absolute atomic E-state index is 13.1. The van der Waals surface area contributed by atoms with Gasteiger partial charge >= 0.3 is 6.09 Å². The van der Waals surface area contributed by atoms with E-state index in [-0.39, 0.29) is 35.8 Å². The largest absolute Gasteiger partial charge is 0.444 e. The number of carbonyl (C=O) groups is 5. The fraction of sp³-hybridized carbons (Fsp3) is 0.522. The minimum atomic E-state index is -1.04. The summed E-state index contributed by atoms with van der Waals surface area (Å²) in [5, 5.41) is 0. The second-order valence-electron chi connectivity index (χ2n) is 9.30. The van der Waals surface area contributed by atoms with Gasteiger partial charge in [-0.05, 0) is 52.3 Å². The number of fused-ring (bicyclic) bond motifs is 1. The van der Waals surface area contributed by atoms with Crippen molar-refractivity contribution >= 4 is 35.3 Å². The monoisotopic (exact) mass is 458 g/mol. The second kappa shape index (κ2) is 9.21. The Hall–Kier alpha value is -3.43. The molecule has 1 aromatic carbocycles. The summed E-state index contributed by atoms with van der Waals surface area (Å²) >= 11 is 0. The van der Waals surface area contributed by atoms with Gasteiger partial charge < -0.3 is 20.3 Å². The van der Waals surface area contributed by atoms with Gasteiger partial charge in [-0.25, -0.2) is 4.79 Å². The number of hydrogen-bond donors (Lipinski definition) is 1. The minimum absolute atomic E-state index is 0.00435. The number of anilines is 1. The molecule has 1 atom stereocenters. The van der Waals surface area contributed by atoms with Gasteiger partial charge in [-0.2, -0.15) is 0 Å². The summed E-state index contributed by atoms with van der Waals surface area (Å²) in [4.78, 5) is 66.1. The molecule has 0 saturated carbocycles. The number of amides is 4. The topological polar surface area (TPSA) is 130 Å². The van der Waals surface area contributed by atoms with Crippen LogP contribution in [0.1, 0.15) is 61.3 Å². The van der Waals surface area contributed by atoms with Crippen molar-refractivity contribution in [3.8, 4) is 0 Å². The number of nitrogens with zero attached hydrogens (tertiary/aromatic N) is 3. The third-order valence-electron chi connectivity index (χ3n) is 5.64. The highest BCUT2D eigenvalue weighted by Crippen LogP contribution is 2.30. The summed E-state index contributed by atoms with van der Waals surface area (Å²) in [5.41, 5.74) is 5.80. The van der Waals surface area contributed by atoms with E-state index in [4.69, 9.17) is 10.5 Å². The summed E-state index contributed by atoms with van der Waals surface area (Å²) in [6, 6.07) is 3.94. The average Bonchev–Trinajstić information content (AvgIpc) is 2.97. The first kappa shape index (κ1) is 24.2. The van der Waals surface area contributed by atoms with Gasteiger partial charge in [0, 0.05) is 38.3 Å². The summed E-state index contributed by atoms with van der Waals surface area (Å²) in [6.07, 6.45) is -0.473. The number of ether oxygens (including phenoxy) is 1. The van der Waals surface area contributed by atoms with Crippen molar-refractivity contribution < 1.29 is 28.7 Å². The Labute approximate surface area is 192 Å². The average molecular weight is 459 g/mol. The third kappa shape index (κ3) is 5.32. The molecule has 10 heteroatoms. The lowest BCUT2D eigenvalue weighted by Gasteiger charge is -2.36. The molecule has 1 fully saturated rings. The first-order valence-electron chi connectivity index (χ1n) is 10.9. The summed E-state index contributed by atoms with van der Waals surface area (Å²) < 4.78 is 5.42. The van der Waals surface area contributed by atoms with Crippen LogP contribution >= 0.6 is 0 Å². The van der Waals surface area contributed by atoms with Crippen molar-refractivity contribution in [3.63, 3.8) is 0 Å². The standard InChI is InChI=1S/C23H30N4O6/c1-14(28)18(7-8-19(24)29)27-20(30)16-6-5-15(13-17(16)21(27)31)25-9-11-26(12-10-25)22(32)33-23(2,3)4/h5-6,13,18H,7-12H2,1-4H3,(H2,24,29). The van der Waals surface area contributed by atoms with Crippen molar-refractivity contribution in [2.24, 2.45) is 5.73 Å². The highest BCUT2D eigenvalue weighted by Gasteiger charge is 2.42. The van der Waals surface area contributed by atoms with E-state index in [0.29, 0.717) is 26.2 Å². The van der Waals surface area contributed by atoms with Crippen LogP contribution in [-0.4, -0.2) is 77.2 Å². The molecule has 10 nitrogen and oxygen atoms in total. The number of rotatable bonds is 6.